The molecule has 17 heavy (non-hydrogen) atoms. The van der Waals surface area contributed by atoms with E-state index in [2.05, 4.69) is 5.32 Å². The first-order valence-electron chi connectivity index (χ1n) is 6.00. The molecule has 0 radical (unpaired) electrons. The van der Waals surface area contributed by atoms with Crippen LogP contribution in [0.25, 0.3) is 0 Å². The second-order valence-corrected chi connectivity index (χ2v) is 4.02. The summed E-state index contributed by atoms with van der Waals surface area (Å²) in [6, 6.07) is 7.70. The van der Waals surface area contributed by atoms with E-state index in [4.69, 9.17) is 5.73 Å². The van der Waals surface area contributed by atoms with Gasteiger partial charge >= 0.3 is 6.03 Å². The summed E-state index contributed by atoms with van der Waals surface area (Å²) in [5.74, 6) is 0. The Morgan fingerprint density at radius 3 is 2.53 bits per heavy atom. The zero-order chi connectivity index (χ0) is 12.7. The molecular weight excluding hydrogens is 214 g/mol. The fraction of sp³-hybridized carbons (Fsp3) is 0.462. The topological polar surface area (TPSA) is 58.4 Å². The van der Waals surface area contributed by atoms with E-state index in [-0.39, 0.29) is 6.03 Å². The summed E-state index contributed by atoms with van der Waals surface area (Å²) >= 11 is 0. The molecular formula is C13H21N3O. The molecule has 0 saturated heterocycles. The van der Waals surface area contributed by atoms with Crippen LogP contribution in [0.4, 0.5) is 10.5 Å². The third-order valence-corrected chi connectivity index (χ3v) is 2.60. The first-order chi connectivity index (χ1) is 8.17. The van der Waals surface area contributed by atoms with Gasteiger partial charge in [-0.25, -0.2) is 4.79 Å². The van der Waals surface area contributed by atoms with Crippen molar-refractivity contribution in [2.24, 2.45) is 5.73 Å². The SMILES string of the molecule is CCN(CCCN)C(=O)Nc1ccc(C)cc1. The van der Waals surface area contributed by atoms with Gasteiger partial charge in [0.1, 0.15) is 0 Å². The van der Waals surface area contributed by atoms with E-state index in [1.807, 2.05) is 38.1 Å². The number of rotatable bonds is 5. The Bertz CT molecular complexity index is 348. The average Bonchev–Trinajstić information content (AvgIpc) is 2.33. The summed E-state index contributed by atoms with van der Waals surface area (Å²) in [6.45, 7) is 5.98. The number of nitrogens with zero attached hydrogens (tertiary/aromatic N) is 1. The molecule has 94 valence electrons. The van der Waals surface area contributed by atoms with Crippen molar-refractivity contribution in [2.45, 2.75) is 20.3 Å². The third kappa shape index (κ3) is 4.44. The van der Waals surface area contributed by atoms with Gasteiger partial charge in [-0.3, -0.25) is 0 Å². The molecule has 0 aliphatic carbocycles. The van der Waals surface area contributed by atoms with Crippen LogP contribution in [0.3, 0.4) is 0 Å². The van der Waals surface area contributed by atoms with E-state index in [0.29, 0.717) is 19.6 Å². The minimum atomic E-state index is -0.0650. The maximum atomic E-state index is 11.9. The Kier molecular flexibility index (Phi) is 5.49. The standard InChI is InChI=1S/C13H21N3O/c1-3-16(10-4-9-14)13(17)15-12-7-5-11(2)6-8-12/h5-8H,3-4,9-10,14H2,1-2H3,(H,15,17). The van der Waals surface area contributed by atoms with Gasteiger partial charge in [0.25, 0.3) is 0 Å². The van der Waals surface area contributed by atoms with E-state index in [1.54, 1.807) is 4.90 Å². The van der Waals surface area contributed by atoms with E-state index in [1.165, 1.54) is 5.56 Å². The molecule has 0 aliphatic rings. The summed E-state index contributed by atoms with van der Waals surface area (Å²) in [6.07, 6.45) is 0.829. The fourth-order valence-electron chi connectivity index (χ4n) is 1.52. The van der Waals surface area contributed by atoms with Crippen molar-refractivity contribution in [3.8, 4) is 0 Å². The lowest BCUT2D eigenvalue weighted by Crippen LogP contribution is -2.36. The zero-order valence-corrected chi connectivity index (χ0v) is 10.6. The summed E-state index contributed by atoms with van der Waals surface area (Å²) in [7, 11) is 0. The minimum Gasteiger partial charge on any atom is -0.330 e. The van der Waals surface area contributed by atoms with Crippen LogP contribution < -0.4 is 11.1 Å². The van der Waals surface area contributed by atoms with Gasteiger partial charge in [0.2, 0.25) is 0 Å². The summed E-state index contributed by atoms with van der Waals surface area (Å²) in [4.78, 5) is 13.7. The normalized spacial score (nSPS) is 10.1. The van der Waals surface area contributed by atoms with E-state index < -0.39 is 0 Å². The Morgan fingerprint density at radius 1 is 1.35 bits per heavy atom. The van der Waals surface area contributed by atoms with Crippen LogP contribution >= 0.6 is 0 Å². The van der Waals surface area contributed by atoms with Crippen molar-refractivity contribution >= 4 is 11.7 Å². The molecule has 0 bridgehead atoms. The number of anilines is 1. The summed E-state index contributed by atoms with van der Waals surface area (Å²) < 4.78 is 0. The molecule has 0 saturated carbocycles. The maximum absolute atomic E-state index is 11.9. The van der Waals surface area contributed by atoms with Crippen molar-refractivity contribution in [2.75, 3.05) is 25.0 Å². The van der Waals surface area contributed by atoms with Gasteiger partial charge in [0.05, 0.1) is 0 Å². The van der Waals surface area contributed by atoms with Crippen LogP contribution in [-0.2, 0) is 0 Å². The molecule has 1 aromatic carbocycles. The predicted octanol–water partition coefficient (Wildman–Crippen LogP) is 2.20. The molecule has 3 N–H and O–H groups in total. The second kappa shape index (κ2) is 6.91. The van der Waals surface area contributed by atoms with Crippen molar-refractivity contribution in [3.63, 3.8) is 0 Å². The molecule has 2 amide bonds. The number of hydrogen-bond acceptors (Lipinski definition) is 2. The highest BCUT2D eigenvalue weighted by atomic mass is 16.2. The molecule has 0 fully saturated rings. The monoisotopic (exact) mass is 235 g/mol. The molecule has 4 heteroatoms. The van der Waals surface area contributed by atoms with Crippen LogP contribution in [0, 0.1) is 6.92 Å². The van der Waals surface area contributed by atoms with Crippen molar-refractivity contribution in [3.05, 3.63) is 29.8 Å². The van der Waals surface area contributed by atoms with Crippen LogP contribution in [-0.4, -0.2) is 30.6 Å². The molecule has 0 aliphatic heterocycles. The molecule has 0 unspecified atom stereocenters. The lowest BCUT2D eigenvalue weighted by Gasteiger charge is -2.21. The Hall–Kier alpha value is -1.55. The summed E-state index contributed by atoms with van der Waals surface area (Å²) in [5.41, 5.74) is 7.45. The smallest absolute Gasteiger partial charge is 0.321 e. The molecule has 0 aromatic heterocycles. The van der Waals surface area contributed by atoms with E-state index >= 15 is 0 Å². The lowest BCUT2D eigenvalue weighted by atomic mass is 10.2. The quantitative estimate of drug-likeness (QED) is 0.822. The number of benzene rings is 1. The predicted molar refractivity (Wildman–Crippen MR) is 71.1 cm³/mol. The number of aryl methyl sites for hydroxylation is 1. The van der Waals surface area contributed by atoms with E-state index in [0.717, 1.165) is 12.1 Å². The minimum absolute atomic E-state index is 0.0650. The number of urea groups is 1. The van der Waals surface area contributed by atoms with Gasteiger partial charge in [-0.15, -0.1) is 0 Å². The molecule has 0 heterocycles. The number of hydrogen-bond donors (Lipinski definition) is 2. The number of nitrogens with one attached hydrogen (secondary N) is 1. The van der Waals surface area contributed by atoms with Gasteiger partial charge < -0.3 is 16.0 Å². The van der Waals surface area contributed by atoms with Gasteiger partial charge in [-0.1, -0.05) is 17.7 Å². The third-order valence-electron chi connectivity index (χ3n) is 2.60. The highest BCUT2D eigenvalue weighted by molar-refractivity contribution is 5.89. The highest BCUT2D eigenvalue weighted by Crippen LogP contribution is 2.09. The molecule has 4 nitrogen and oxygen atoms in total. The maximum Gasteiger partial charge on any atom is 0.321 e. The van der Waals surface area contributed by atoms with Crippen LogP contribution in [0.15, 0.2) is 24.3 Å². The van der Waals surface area contributed by atoms with Crippen LogP contribution in [0.5, 0.6) is 0 Å². The van der Waals surface area contributed by atoms with E-state index in [9.17, 15) is 4.79 Å². The lowest BCUT2D eigenvalue weighted by molar-refractivity contribution is 0.214. The Balaban J connectivity index is 2.54. The molecule has 1 rings (SSSR count). The fourth-order valence-corrected chi connectivity index (χ4v) is 1.52. The van der Waals surface area contributed by atoms with Crippen LogP contribution in [0.1, 0.15) is 18.9 Å². The van der Waals surface area contributed by atoms with Gasteiger partial charge in [0.15, 0.2) is 0 Å². The molecule has 1 aromatic rings. The van der Waals surface area contributed by atoms with Crippen LogP contribution in [0.2, 0.25) is 0 Å². The Labute approximate surface area is 103 Å². The number of amides is 2. The van der Waals surface area contributed by atoms with Gasteiger partial charge in [-0.05, 0) is 38.9 Å². The highest BCUT2D eigenvalue weighted by Gasteiger charge is 2.10. The number of carbonyl (C=O) groups excluding carboxylic acids is 1. The first-order valence-corrected chi connectivity index (χ1v) is 6.00. The van der Waals surface area contributed by atoms with Crippen molar-refractivity contribution in [1.29, 1.82) is 0 Å². The van der Waals surface area contributed by atoms with Crippen molar-refractivity contribution < 1.29 is 4.79 Å². The zero-order valence-electron chi connectivity index (χ0n) is 10.6. The number of carbonyl (C=O) groups is 1. The largest absolute Gasteiger partial charge is 0.330 e. The number of nitrogens with two attached hydrogens (primary N) is 1. The molecule has 0 spiro atoms. The average molecular weight is 235 g/mol. The second-order valence-electron chi connectivity index (χ2n) is 4.02. The van der Waals surface area contributed by atoms with Crippen molar-refractivity contribution in [1.82, 2.24) is 4.90 Å². The summed E-state index contributed by atoms with van der Waals surface area (Å²) in [5, 5.41) is 2.88. The van der Waals surface area contributed by atoms with Gasteiger partial charge in [-0.2, -0.15) is 0 Å². The van der Waals surface area contributed by atoms with Gasteiger partial charge in [0, 0.05) is 18.8 Å². The Morgan fingerprint density at radius 2 is 2.00 bits per heavy atom. The molecule has 0 atom stereocenters. The first kappa shape index (κ1) is 13.5.